The van der Waals surface area contributed by atoms with E-state index in [4.69, 9.17) is 0 Å². The molecule has 0 saturated heterocycles. The Labute approximate surface area is 121 Å². The smallest absolute Gasteiger partial charge is 0.326 e. The van der Waals surface area contributed by atoms with Gasteiger partial charge in [0.1, 0.15) is 11.9 Å². The number of rotatable bonds is 6. The first-order valence-electron chi connectivity index (χ1n) is 6.43. The number of carboxylic acids is 1. The van der Waals surface area contributed by atoms with E-state index in [1.165, 1.54) is 11.5 Å². The van der Waals surface area contributed by atoms with E-state index in [1.807, 2.05) is 44.2 Å². The molecule has 0 radical (unpaired) electrons. The summed E-state index contributed by atoms with van der Waals surface area (Å²) in [7, 11) is 0. The minimum absolute atomic E-state index is 0.235. The Morgan fingerprint density at radius 3 is 2.60 bits per heavy atom. The largest absolute Gasteiger partial charge is 0.480 e. The highest BCUT2D eigenvalue weighted by Crippen LogP contribution is 2.19. The fourth-order valence-electron chi connectivity index (χ4n) is 1.73. The van der Waals surface area contributed by atoms with Crippen molar-refractivity contribution in [1.29, 1.82) is 0 Å². The molecule has 5 nitrogen and oxygen atoms in total. The highest BCUT2D eigenvalue weighted by Gasteiger charge is 2.20. The lowest BCUT2D eigenvalue weighted by molar-refractivity contribution is -0.137. The predicted octanol–water partition coefficient (Wildman–Crippen LogP) is 2.77. The highest BCUT2D eigenvalue weighted by atomic mass is 32.1. The molecule has 2 aromatic rings. The first-order valence-corrected chi connectivity index (χ1v) is 7.20. The van der Waals surface area contributed by atoms with E-state index in [0.29, 0.717) is 11.6 Å². The third-order valence-electron chi connectivity index (χ3n) is 2.84. The molecule has 0 aliphatic carbocycles. The molecular formula is C14H17N3O2S. The molecule has 1 atom stereocenters. The third-order valence-corrected chi connectivity index (χ3v) is 3.50. The van der Waals surface area contributed by atoms with Gasteiger partial charge < -0.3 is 10.4 Å². The molecule has 2 rings (SSSR count). The molecule has 0 bridgehead atoms. The normalized spacial score (nSPS) is 12.3. The topological polar surface area (TPSA) is 75.1 Å². The molecule has 0 spiro atoms. The second-order valence-electron chi connectivity index (χ2n) is 4.84. The molecule has 1 aromatic heterocycles. The zero-order valence-corrected chi connectivity index (χ0v) is 12.2. The average molecular weight is 291 g/mol. The van der Waals surface area contributed by atoms with Crippen molar-refractivity contribution in [1.82, 2.24) is 9.36 Å². The summed E-state index contributed by atoms with van der Waals surface area (Å²) < 4.78 is 4.21. The number of nitrogens with zero attached hydrogens (tertiary/aromatic N) is 2. The zero-order valence-electron chi connectivity index (χ0n) is 11.4. The minimum Gasteiger partial charge on any atom is -0.480 e. The van der Waals surface area contributed by atoms with E-state index in [1.54, 1.807) is 0 Å². The van der Waals surface area contributed by atoms with Crippen LogP contribution in [0.25, 0.3) is 0 Å². The number of aromatic nitrogens is 2. The number of carboxylic acid groups (broad SMARTS) is 1. The summed E-state index contributed by atoms with van der Waals surface area (Å²) in [5, 5.41) is 12.8. The second kappa shape index (κ2) is 6.47. The van der Waals surface area contributed by atoms with Crippen LogP contribution in [0.1, 0.15) is 31.2 Å². The Kier molecular flexibility index (Phi) is 4.68. The fourth-order valence-corrected chi connectivity index (χ4v) is 2.49. The number of carbonyl (C=O) groups is 1. The van der Waals surface area contributed by atoms with Crippen LogP contribution in [0.2, 0.25) is 0 Å². The fraction of sp³-hybridized carbons (Fsp3) is 0.357. The van der Waals surface area contributed by atoms with Crippen LogP contribution in [0.5, 0.6) is 0 Å². The van der Waals surface area contributed by atoms with Gasteiger partial charge in [0.2, 0.25) is 5.13 Å². The lowest BCUT2D eigenvalue weighted by atomic mass is 10.1. The molecule has 6 heteroatoms. The summed E-state index contributed by atoms with van der Waals surface area (Å²) in [4.78, 5) is 15.6. The van der Waals surface area contributed by atoms with Crippen molar-refractivity contribution in [2.75, 3.05) is 5.32 Å². The molecule has 2 N–H and O–H groups in total. The Balaban J connectivity index is 2.07. The molecule has 0 amide bonds. The van der Waals surface area contributed by atoms with Crippen LogP contribution in [0.4, 0.5) is 5.13 Å². The van der Waals surface area contributed by atoms with Crippen molar-refractivity contribution in [2.45, 2.75) is 32.2 Å². The molecule has 106 valence electrons. The maximum Gasteiger partial charge on any atom is 0.326 e. The summed E-state index contributed by atoms with van der Waals surface area (Å²) in [5.41, 5.74) is 0.973. The van der Waals surface area contributed by atoms with Gasteiger partial charge in [0.25, 0.3) is 0 Å². The molecule has 0 aliphatic heterocycles. The number of hydrogen-bond acceptors (Lipinski definition) is 5. The first-order chi connectivity index (χ1) is 9.56. The van der Waals surface area contributed by atoms with Crippen LogP contribution in [-0.2, 0) is 11.2 Å². The Morgan fingerprint density at radius 1 is 1.35 bits per heavy atom. The number of anilines is 1. The Morgan fingerprint density at radius 2 is 2.05 bits per heavy atom. The summed E-state index contributed by atoms with van der Waals surface area (Å²) in [6, 6.07) is 8.83. The number of hydrogen-bond donors (Lipinski definition) is 2. The van der Waals surface area contributed by atoms with Gasteiger partial charge in [0, 0.05) is 23.9 Å². The number of aliphatic carboxylic acids is 1. The van der Waals surface area contributed by atoms with E-state index in [9.17, 15) is 9.90 Å². The van der Waals surface area contributed by atoms with E-state index in [-0.39, 0.29) is 5.92 Å². The number of benzene rings is 1. The van der Waals surface area contributed by atoms with Crippen LogP contribution in [0, 0.1) is 0 Å². The van der Waals surface area contributed by atoms with Crippen LogP contribution in [0.15, 0.2) is 30.3 Å². The van der Waals surface area contributed by atoms with Crippen molar-refractivity contribution in [3.63, 3.8) is 0 Å². The van der Waals surface area contributed by atoms with Gasteiger partial charge in [-0.25, -0.2) is 9.78 Å². The number of nitrogens with one attached hydrogen (secondary N) is 1. The second-order valence-corrected chi connectivity index (χ2v) is 5.59. The van der Waals surface area contributed by atoms with Crippen LogP contribution in [-0.4, -0.2) is 26.5 Å². The third kappa shape index (κ3) is 3.77. The predicted molar refractivity (Wildman–Crippen MR) is 79.2 cm³/mol. The zero-order chi connectivity index (χ0) is 14.5. The average Bonchev–Trinajstić information content (AvgIpc) is 2.88. The van der Waals surface area contributed by atoms with Gasteiger partial charge in [0.05, 0.1) is 0 Å². The van der Waals surface area contributed by atoms with Crippen LogP contribution < -0.4 is 5.32 Å². The minimum atomic E-state index is -0.893. The van der Waals surface area contributed by atoms with Gasteiger partial charge in [-0.1, -0.05) is 44.2 Å². The van der Waals surface area contributed by atoms with Crippen LogP contribution in [0.3, 0.4) is 0 Å². The van der Waals surface area contributed by atoms with E-state index >= 15 is 0 Å². The van der Waals surface area contributed by atoms with Crippen molar-refractivity contribution in [2.24, 2.45) is 0 Å². The summed E-state index contributed by atoms with van der Waals surface area (Å²) in [5.74, 6) is 0.0794. The summed E-state index contributed by atoms with van der Waals surface area (Å²) in [6.07, 6.45) is 0.409. The molecule has 0 unspecified atom stereocenters. The molecule has 1 aromatic carbocycles. The molecule has 1 heterocycles. The van der Waals surface area contributed by atoms with Crippen LogP contribution >= 0.6 is 11.5 Å². The molecule has 20 heavy (non-hydrogen) atoms. The Hall–Kier alpha value is -1.95. The SMILES string of the molecule is CC(C)c1nsc(N[C@H](Cc2ccccc2)C(=O)O)n1. The molecule has 0 fully saturated rings. The van der Waals surface area contributed by atoms with Gasteiger partial charge >= 0.3 is 5.97 Å². The summed E-state index contributed by atoms with van der Waals surface area (Å²) >= 11 is 1.20. The van der Waals surface area contributed by atoms with Gasteiger partial charge in [-0.2, -0.15) is 4.37 Å². The maximum atomic E-state index is 11.3. The van der Waals surface area contributed by atoms with Crippen molar-refractivity contribution < 1.29 is 9.90 Å². The maximum absolute atomic E-state index is 11.3. The van der Waals surface area contributed by atoms with E-state index < -0.39 is 12.0 Å². The first kappa shape index (κ1) is 14.5. The molecule has 0 saturated carbocycles. The monoisotopic (exact) mass is 291 g/mol. The van der Waals surface area contributed by atoms with E-state index in [2.05, 4.69) is 14.7 Å². The van der Waals surface area contributed by atoms with Gasteiger partial charge in [-0.3, -0.25) is 0 Å². The standard InChI is InChI=1S/C14H17N3O2S/c1-9(2)12-16-14(20-17-12)15-11(13(18)19)8-10-6-4-3-5-7-10/h3-7,9,11H,8H2,1-2H3,(H,18,19)(H,15,16,17)/t11-/m1/s1. The van der Waals surface area contributed by atoms with Gasteiger partial charge in [-0.15, -0.1) is 0 Å². The quantitative estimate of drug-likeness (QED) is 0.856. The van der Waals surface area contributed by atoms with Crippen molar-refractivity contribution in [3.05, 3.63) is 41.7 Å². The Bertz CT molecular complexity index is 569. The van der Waals surface area contributed by atoms with Crippen molar-refractivity contribution in [3.8, 4) is 0 Å². The van der Waals surface area contributed by atoms with E-state index in [0.717, 1.165) is 11.4 Å². The lowest BCUT2D eigenvalue weighted by Gasteiger charge is -2.13. The molecular weight excluding hydrogens is 274 g/mol. The summed E-state index contributed by atoms with van der Waals surface area (Å²) in [6.45, 7) is 4.01. The van der Waals surface area contributed by atoms with Crippen molar-refractivity contribution >= 4 is 22.6 Å². The highest BCUT2D eigenvalue weighted by molar-refractivity contribution is 7.09. The molecule has 0 aliphatic rings. The lowest BCUT2D eigenvalue weighted by Crippen LogP contribution is -2.31. The van der Waals surface area contributed by atoms with Gasteiger partial charge in [0.15, 0.2) is 0 Å². The van der Waals surface area contributed by atoms with Gasteiger partial charge in [-0.05, 0) is 5.56 Å².